The van der Waals surface area contributed by atoms with E-state index in [0.29, 0.717) is 10.8 Å². The summed E-state index contributed by atoms with van der Waals surface area (Å²) >= 11 is 0. The lowest BCUT2D eigenvalue weighted by molar-refractivity contribution is 0.230. The fourth-order valence-electron chi connectivity index (χ4n) is 2.41. The standard InChI is InChI=1S/C16H34/c1-13(10-9-11-15(3,4)5)14(2)12-16(6,7)8/h13-14H,9-12H2,1-8H3. The van der Waals surface area contributed by atoms with Crippen LogP contribution in [-0.4, -0.2) is 0 Å². The minimum atomic E-state index is 0.484. The number of hydrogen-bond donors (Lipinski definition) is 0. The van der Waals surface area contributed by atoms with Crippen LogP contribution in [0.2, 0.25) is 0 Å². The highest BCUT2D eigenvalue weighted by molar-refractivity contribution is 4.71. The molecule has 0 aliphatic carbocycles. The molecule has 0 saturated heterocycles. The molecule has 0 saturated carbocycles. The van der Waals surface area contributed by atoms with Crippen molar-refractivity contribution in [1.82, 2.24) is 0 Å². The predicted molar refractivity (Wildman–Crippen MR) is 75.7 cm³/mol. The molecule has 0 radical (unpaired) electrons. The Morgan fingerprint density at radius 3 is 1.62 bits per heavy atom. The van der Waals surface area contributed by atoms with Gasteiger partial charge in [-0.15, -0.1) is 0 Å². The van der Waals surface area contributed by atoms with E-state index >= 15 is 0 Å². The summed E-state index contributed by atoms with van der Waals surface area (Å²) in [6.07, 6.45) is 5.50. The van der Waals surface area contributed by atoms with Crippen LogP contribution in [0.15, 0.2) is 0 Å². The van der Waals surface area contributed by atoms with Crippen LogP contribution in [0.1, 0.15) is 81.1 Å². The maximum absolute atomic E-state index is 2.43. The first kappa shape index (κ1) is 16.0. The Hall–Kier alpha value is 0. The molecule has 0 aliphatic heterocycles. The van der Waals surface area contributed by atoms with E-state index in [1.54, 1.807) is 0 Å². The van der Waals surface area contributed by atoms with E-state index in [-0.39, 0.29) is 0 Å². The number of hydrogen-bond acceptors (Lipinski definition) is 0. The van der Waals surface area contributed by atoms with Gasteiger partial charge in [0.15, 0.2) is 0 Å². The molecule has 0 rings (SSSR count). The third kappa shape index (κ3) is 9.24. The number of rotatable bonds is 5. The molecule has 0 N–H and O–H groups in total. The smallest absolute Gasteiger partial charge is 0.0380 e. The monoisotopic (exact) mass is 226 g/mol. The maximum atomic E-state index is 2.43. The molecule has 0 heteroatoms. The van der Waals surface area contributed by atoms with Crippen molar-refractivity contribution in [3.05, 3.63) is 0 Å². The van der Waals surface area contributed by atoms with Crippen molar-refractivity contribution in [2.24, 2.45) is 22.7 Å². The van der Waals surface area contributed by atoms with Crippen molar-refractivity contribution in [3.63, 3.8) is 0 Å². The SMILES string of the molecule is CC(CCCC(C)(C)C)C(C)CC(C)(C)C. The molecule has 0 aliphatic rings. The normalized spacial score (nSPS) is 17.2. The lowest BCUT2D eigenvalue weighted by Gasteiger charge is -2.28. The third-order valence-corrected chi connectivity index (χ3v) is 3.49. The maximum Gasteiger partial charge on any atom is -0.0380 e. The second-order valence-electron chi connectivity index (χ2n) is 8.17. The molecule has 2 atom stereocenters. The van der Waals surface area contributed by atoms with Crippen molar-refractivity contribution < 1.29 is 0 Å². The topological polar surface area (TPSA) is 0 Å². The first-order valence-corrected chi connectivity index (χ1v) is 7.01. The average molecular weight is 226 g/mol. The molecule has 2 unspecified atom stereocenters. The lowest BCUT2D eigenvalue weighted by atomic mass is 9.78. The van der Waals surface area contributed by atoms with Crippen LogP contribution in [0.25, 0.3) is 0 Å². The first-order chi connectivity index (χ1) is 7.01. The van der Waals surface area contributed by atoms with Gasteiger partial charge in [0.25, 0.3) is 0 Å². The van der Waals surface area contributed by atoms with E-state index < -0.39 is 0 Å². The fraction of sp³-hybridized carbons (Fsp3) is 1.00. The summed E-state index contributed by atoms with van der Waals surface area (Å²) in [4.78, 5) is 0. The van der Waals surface area contributed by atoms with Crippen molar-refractivity contribution in [2.75, 3.05) is 0 Å². The van der Waals surface area contributed by atoms with Gasteiger partial charge in [0.1, 0.15) is 0 Å². The summed E-state index contributed by atoms with van der Waals surface area (Å²) in [6, 6.07) is 0. The molecule has 0 aromatic carbocycles. The summed E-state index contributed by atoms with van der Waals surface area (Å²) in [5, 5.41) is 0. The van der Waals surface area contributed by atoms with Crippen molar-refractivity contribution in [1.29, 1.82) is 0 Å². The minimum absolute atomic E-state index is 0.484. The molecule has 98 valence electrons. The third-order valence-electron chi connectivity index (χ3n) is 3.49. The Kier molecular flexibility index (Phi) is 6.07. The lowest BCUT2D eigenvalue weighted by Crippen LogP contribution is -2.17. The Morgan fingerprint density at radius 1 is 0.750 bits per heavy atom. The van der Waals surface area contributed by atoms with Crippen LogP contribution in [0.3, 0.4) is 0 Å². The van der Waals surface area contributed by atoms with E-state index in [0.717, 1.165) is 11.8 Å². The van der Waals surface area contributed by atoms with Gasteiger partial charge in [-0.2, -0.15) is 0 Å². The molecule has 0 heterocycles. The summed E-state index contributed by atoms with van der Waals surface area (Å²) in [5.41, 5.74) is 0.991. The van der Waals surface area contributed by atoms with Crippen LogP contribution in [0.5, 0.6) is 0 Å². The van der Waals surface area contributed by atoms with E-state index in [4.69, 9.17) is 0 Å². The molecule has 0 aromatic rings. The molecule has 0 spiro atoms. The van der Waals surface area contributed by atoms with Gasteiger partial charge < -0.3 is 0 Å². The predicted octanol–water partition coefficient (Wildman–Crippen LogP) is 5.91. The molecule has 0 fully saturated rings. The summed E-state index contributed by atoms with van der Waals surface area (Å²) < 4.78 is 0. The van der Waals surface area contributed by atoms with Gasteiger partial charge in [0.2, 0.25) is 0 Å². The molecular weight excluding hydrogens is 192 g/mol. The van der Waals surface area contributed by atoms with Gasteiger partial charge in [-0.3, -0.25) is 0 Å². The van der Waals surface area contributed by atoms with Gasteiger partial charge >= 0.3 is 0 Å². The van der Waals surface area contributed by atoms with Crippen LogP contribution in [0, 0.1) is 22.7 Å². The highest BCUT2D eigenvalue weighted by atomic mass is 14.3. The zero-order valence-corrected chi connectivity index (χ0v) is 13.0. The summed E-state index contributed by atoms with van der Waals surface area (Å²) in [6.45, 7) is 18.9. The van der Waals surface area contributed by atoms with Crippen LogP contribution < -0.4 is 0 Å². The van der Waals surface area contributed by atoms with E-state index in [2.05, 4.69) is 55.4 Å². The molecule has 16 heavy (non-hydrogen) atoms. The largest absolute Gasteiger partial charge is 0.0623 e. The van der Waals surface area contributed by atoms with Gasteiger partial charge in [0, 0.05) is 0 Å². The second-order valence-corrected chi connectivity index (χ2v) is 8.17. The highest BCUT2D eigenvalue weighted by Gasteiger charge is 2.20. The average Bonchev–Trinajstić information content (AvgIpc) is 1.98. The zero-order valence-electron chi connectivity index (χ0n) is 13.0. The van der Waals surface area contributed by atoms with Crippen molar-refractivity contribution in [3.8, 4) is 0 Å². The van der Waals surface area contributed by atoms with Crippen LogP contribution in [-0.2, 0) is 0 Å². The Morgan fingerprint density at radius 2 is 1.25 bits per heavy atom. The Bertz CT molecular complexity index is 177. The molecule has 0 amide bonds. The van der Waals surface area contributed by atoms with Crippen LogP contribution in [0.4, 0.5) is 0 Å². The Balaban J connectivity index is 3.84. The quantitative estimate of drug-likeness (QED) is 0.546. The van der Waals surface area contributed by atoms with E-state index in [1.807, 2.05) is 0 Å². The molecule has 0 nitrogen and oxygen atoms in total. The van der Waals surface area contributed by atoms with Gasteiger partial charge in [-0.05, 0) is 35.5 Å². The van der Waals surface area contributed by atoms with Gasteiger partial charge in [0.05, 0.1) is 0 Å². The van der Waals surface area contributed by atoms with Crippen molar-refractivity contribution >= 4 is 0 Å². The van der Waals surface area contributed by atoms with E-state index in [1.165, 1.54) is 25.7 Å². The van der Waals surface area contributed by atoms with Crippen molar-refractivity contribution in [2.45, 2.75) is 81.1 Å². The fourth-order valence-corrected chi connectivity index (χ4v) is 2.41. The zero-order chi connectivity index (χ0) is 13.0. The first-order valence-electron chi connectivity index (χ1n) is 7.01. The second kappa shape index (κ2) is 6.07. The van der Waals surface area contributed by atoms with E-state index in [9.17, 15) is 0 Å². The van der Waals surface area contributed by atoms with Crippen LogP contribution >= 0.6 is 0 Å². The molecular formula is C16H34. The minimum Gasteiger partial charge on any atom is -0.0623 e. The summed E-state index contributed by atoms with van der Waals surface area (Å²) in [5.74, 6) is 1.74. The summed E-state index contributed by atoms with van der Waals surface area (Å²) in [7, 11) is 0. The highest BCUT2D eigenvalue weighted by Crippen LogP contribution is 2.32. The van der Waals surface area contributed by atoms with Gasteiger partial charge in [-0.1, -0.05) is 68.2 Å². The Labute approximate surface area is 104 Å². The molecule has 0 bridgehead atoms. The molecule has 0 aromatic heterocycles. The van der Waals surface area contributed by atoms with Gasteiger partial charge in [-0.25, -0.2) is 0 Å².